The van der Waals surface area contributed by atoms with Gasteiger partial charge in [-0.15, -0.1) is 0 Å². The molecule has 3 aromatic rings. The first-order valence-electron chi connectivity index (χ1n) is 14.9. The van der Waals surface area contributed by atoms with Gasteiger partial charge < -0.3 is 42.2 Å². The highest BCUT2D eigenvalue weighted by atomic mass is 31.2. The van der Waals surface area contributed by atoms with Crippen molar-refractivity contribution in [2.45, 2.75) is 52.0 Å². The second-order valence-electron chi connectivity index (χ2n) is 10.1. The van der Waals surface area contributed by atoms with Crippen LogP contribution in [0.5, 0.6) is 17.2 Å². The molecule has 0 aliphatic carbocycles. The van der Waals surface area contributed by atoms with Gasteiger partial charge in [0.15, 0.2) is 0 Å². The Labute approximate surface area is 265 Å². The van der Waals surface area contributed by atoms with Crippen LogP contribution in [0.3, 0.4) is 0 Å². The van der Waals surface area contributed by atoms with Gasteiger partial charge in [0.05, 0.1) is 67.2 Å². The molecule has 3 aromatic carbocycles. The zero-order valence-corrected chi connectivity index (χ0v) is 27.4. The van der Waals surface area contributed by atoms with Crippen LogP contribution in [0.25, 0.3) is 0 Å². The molecular weight excluding hydrogens is 599 g/mol. The fourth-order valence-electron chi connectivity index (χ4n) is 4.76. The minimum atomic E-state index is -3.79. The van der Waals surface area contributed by atoms with E-state index in [2.05, 4.69) is 0 Å². The standard InChI is InChI=1S/C34H43O10P/c1-6-43-45(35,44-7-2)32-24-40-31(23-39-20-25-8-14-28(36-3)15-9-25)33(41-21-26-10-16-29(37-4)17-11-26)34(32)42-22-27-12-18-30(38-5)19-13-27/h8-19,24,31,33-34H,6-7,20-23H2,1-5H3/t31?,33-,34-/m1/s1. The maximum atomic E-state index is 14.1. The van der Waals surface area contributed by atoms with Gasteiger partial charge in [0.1, 0.15) is 40.9 Å². The molecule has 1 unspecified atom stereocenters. The smallest absolute Gasteiger partial charge is 0.363 e. The number of hydrogen-bond acceptors (Lipinski definition) is 10. The number of rotatable bonds is 18. The summed E-state index contributed by atoms with van der Waals surface area (Å²) < 4.78 is 66.8. The molecule has 1 heterocycles. The fourth-order valence-corrected chi connectivity index (χ4v) is 6.53. The molecule has 1 aliphatic rings. The molecule has 0 bridgehead atoms. The summed E-state index contributed by atoms with van der Waals surface area (Å²) in [6.45, 7) is 4.82. The lowest BCUT2D eigenvalue weighted by molar-refractivity contribution is -0.150. The van der Waals surface area contributed by atoms with Gasteiger partial charge in [0.25, 0.3) is 0 Å². The van der Waals surface area contributed by atoms with E-state index < -0.39 is 25.9 Å². The zero-order chi connectivity index (χ0) is 32.1. The van der Waals surface area contributed by atoms with Gasteiger partial charge >= 0.3 is 7.60 Å². The van der Waals surface area contributed by atoms with Crippen LogP contribution in [-0.4, -0.2) is 59.5 Å². The molecule has 11 heteroatoms. The number of methoxy groups -OCH3 is 3. The Bertz CT molecular complexity index is 1370. The molecule has 0 aromatic heterocycles. The average Bonchev–Trinajstić information content (AvgIpc) is 3.07. The van der Waals surface area contributed by atoms with Crippen molar-refractivity contribution in [3.05, 3.63) is 101 Å². The summed E-state index contributed by atoms with van der Waals surface area (Å²) in [4.78, 5) is 0. The minimum absolute atomic E-state index is 0.172. The molecule has 45 heavy (non-hydrogen) atoms. The first kappa shape index (κ1) is 34.5. The quantitative estimate of drug-likeness (QED) is 0.136. The number of hydrogen-bond donors (Lipinski definition) is 0. The summed E-state index contributed by atoms with van der Waals surface area (Å²) in [7, 11) is 1.07. The fraction of sp³-hybridized carbons (Fsp3) is 0.412. The highest BCUT2D eigenvalue weighted by molar-refractivity contribution is 7.58. The van der Waals surface area contributed by atoms with Crippen molar-refractivity contribution in [1.29, 1.82) is 0 Å². The van der Waals surface area contributed by atoms with E-state index in [1.54, 1.807) is 35.2 Å². The Morgan fingerprint density at radius 1 is 0.644 bits per heavy atom. The SMILES string of the molecule is CCOP(=O)(OCC)C1=COC(COCc2ccc(OC)cc2)[C@@H](OCc2ccc(OC)cc2)[C@@H]1OCc1ccc(OC)cc1. The van der Waals surface area contributed by atoms with Crippen molar-refractivity contribution >= 4 is 7.60 Å². The van der Waals surface area contributed by atoms with E-state index in [9.17, 15) is 4.57 Å². The van der Waals surface area contributed by atoms with Crippen LogP contribution in [0.15, 0.2) is 84.4 Å². The van der Waals surface area contributed by atoms with Crippen LogP contribution in [-0.2, 0) is 52.4 Å². The molecule has 0 spiro atoms. The zero-order valence-electron chi connectivity index (χ0n) is 26.5. The van der Waals surface area contributed by atoms with E-state index in [-0.39, 0.29) is 38.3 Å². The summed E-state index contributed by atoms with van der Waals surface area (Å²) >= 11 is 0. The monoisotopic (exact) mass is 642 g/mol. The average molecular weight is 643 g/mol. The van der Waals surface area contributed by atoms with Gasteiger partial charge in [-0.1, -0.05) is 36.4 Å². The third kappa shape index (κ3) is 9.56. The van der Waals surface area contributed by atoms with Crippen molar-refractivity contribution in [2.24, 2.45) is 0 Å². The maximum Gasteiger partial charge on any atom is 0.363 e. The van der Waals surface area contributed by atoms with E-state index in [0.717, 1.165) is 33.9 Å². The highest BCUT2D eigenvalue weighted by Crippen LogP contribution is 2.59. The van der Waals surface area contributed by atoms with E-state index in [1.165, 1.54) is 6.26 Å². The van der Waals surface area contributed by atoms with Gasteiger partial charge in [-0.2, -0.15) is 0 Å². The minimum Gasteiger partial charge on any atom is -0.497 e. The Kier molecular flexibility index (Phi) is 13.3. The van der Waals surface area contributed by atoms with Crippen molar-refractivity contribution in [2.75, 3.05) is 41.2 Å². The van der Waals surface area contributed by atoms with Gasteiger partial charge in [-0.05, 0) is 66.9 Å². The summed E-state index contributed by atoms with van der Waals surface area (Å²) in [5, 5.41) is 0.255. The molecule has 4 rings (SSSR count). The van der Waals surface area contributed by atoms with E-state index in [0.29, 0.717) is 6.61 Å². The highest BCUT2D eigenvalue weighted by Gasteiger charge is 2.47. The summed E-state index contributed by atoms with van der Waals surface area (Å²) in [5.74, 6) is 2.24. The van der Waals surface area contributed by atoms with Crippen LogP contribution < -0.4 is 14.2 Å². The van der Waals surface area contributed by atoms with Crippen molar-refractivity contribution < 1.29 is 46.8 Å². The van der Waals surface area contributed by atoms with Gasteiger partial charge in [0, 0.05) is 0 Å². The predicted molar refractivity (Wildman–Crippen MR) is 170 cm³/mol. The van der Waals surface area contributed by atoms with Crippen LogP contribution in [0.2, 0.25) is 0 Å². The third-order valence-electron chi connectivity index (χ3n) is 7.13. The summed E-state index contributed by atoms with van der Waals surface area (Å²) in [6, 6.07) is 22.8. The van der Waals surface area contributed by atoms with Crippen LogP contribution >= 0.6 is 7.60 Å². The second kappa shape index (κ2) is 17.4. The van der Waals surface area contributed by atoms with Crippen LogP contribution in [0.1, 0.15) is 30.5 Å². The maximum absolute atomic E-state index is 14.1. The molecule has 0 saturated carbocycles. The molecule has 0 saturated heterocycles. The molecule has 10 nitrogen and oxygen atoms in total. The lowest BCUT2D eigenvalue weighted by Gasteiger charge is -2.39. The molecule has 1 aliphatic heterocycles. The first-order valence-corrected chi connectivity index (χ1v) is 16.4. The van der Waals surface area contributed by atoms with Crippen molar-refractivity contribution in [1.82, 2.24) is 0 Å². The molecule has 3 atom stereocenters. The Hall–Kier alpha value is -3.37. The van der Waals surface area contributed by atoms with Gasteiger partial charge in [0.2, 0.25) is 0 Å². The summed E-state index contributed by atoms with van der Waals surface area (Å²) in [5.41, 5.74) is 2.78. The number of benzene rings is 3. The second-order valence-corrected chi connectivity index (χ2v) is 12.1. The molecule has 0 radical (unpaired) electrons. The van der Waals surface area contributed by atoms with E-state index >= 15 is 0 Å². The molecular formula is C34H43O10P. The van der Waals surface area contributed by atoms with Gasteiger partial charge in [-0.3, -0.25) is 4.57 Å². The molecule has 0 amide bonds. The predicted octanol–water partition coefficient (Wildman–Crippen LogP) is 6.91. The summed E-state index contributed by atoms with van der Waals surface area (Å²) in [6.07, 6.45) is -0.727. The lowest BCUT2D eigenvalue weighted by Crippen LogP contribution is -2.48. The Morgan fingerprint density at radius 3 is 1.53 bits per heavy atom. The largest absolute Gasteiger partial charge is 0.497 e. The topological polar surface area (TPSA) is 100 Å². The van der Waals surface area contributed by atoms with Crippen molar-refractivity contribution in [3.8, 4) is 17.2 Å². The Morgan fingerprint density at radius 2 is 1.09 bits per heavy atom. The Balaban J connectivity index is 1.61. The van der Waals surface area contributed by atoms with Crippen molar-refractivity contribution in [3.63, 3.8) is 0 Å². The van der Waals surface area contributed by atoms with Crippen LogP contribution in [0.4, 0.5) is 0 Å². The van der Waals surface area contributed by atoms with E-state index in [4.69, 9.17) is 42.2 Å². The number of ether oxygens (including phenoxy) is 7. The normalized spacial score (nSPS) is 18.2. The van der Waals surface area contributed by atoms with E-state index in [1.807, 2.05) is 72.8 Å². The van der Waals surface area contributed by atoms with Gasteiger partial charge in [-0.25, -0.2) is 0 Å². The third-order valence-corrected chi connectivity index (χ3v) is 9.32. The van der Waals surface area contributed by atoms with Crippen LogP contribution in [0, 0.1) is 0 Å². The lowest BCUT2D eigenvalue weighted by atomic mass is 10.0. The first-order chi connectivity index (χ1) is 21.9. The molecule has 0 fully saturated rings. The molecule has 0 N–H and O–H groups in total. The molecule has 244 valence electrons.